The number of imidazole rings is 1. The smallest absolute Gasteiger partial charge is 0.180 e. The van der Waals surface area contributed by atoms with Crippen molar-refractivity contribution in [3.63, 3.8) is 0 Å². The molecule has 1 unspecified atom stereocenters. The van der Waals surface area contributed by atoms with Gasteiger partial charge in [0.1, 0.15) is 0 Å². The maximum Gasteiger partial charge on any atom is 0.180 e. The lowest BCUT2D eigenvalue weighted by atomic mass is 10.0. The standard InChI is InChI=1S/C18H20N4/c1-3-14-6-4-5-7-15(14)9-8-13(2)16-12-22-11-10-20-17(19)18(22)21-16/h4-13H,3H2,1-2H3,(H2,19,20)/b9-8-. The molecule has 2 heterocycles. The van der Waals surface area contributed by atoms with Gasteiger partial charge in [0, 0.05) is 24.5 Å². The predicted molar refractivity (Wildman–Crippen MR) is 90.7 cm³/mol. The fourth-order valence-corrected chi connectivity index (χ4v) is 2.54. The van der Waals surface area contributed by atoms with Gasteiger partial charge in [-0.25, -0.2) is 9.97 Å². The van der Waals surface area contributed by atoms with Crippen molar-refractivity contribution in [2.75, 3.05) is 5.73 Å². The Labute approximate surface area is 130 Å². The highest BCUT2D eigenvalue weighted by Gasteiger charge is 2.09. The van der Waals surface area contributed by atoms with Crippen molar-refractivity contribution in [3.05, 3.63) is 65.8 Å². The van der Waals surface area contributed by atoms with Crippen LogP contribution in [-0.4, -0.2) is 14.4 Å². The van der Waals surface area contributed by atoms with Crippen molar-refractivity contribution in [1.29, 1.82) is 0 Å². The Kier molecular flexibility index (Phi) is 3.92. The highest BCUT2D eigenvalue weighted by atomic mass is 15.1. The fraction of sp³-hybridized carbons (Fsp3) is 0.222. The van der Waals surface area contributed by atoms with Gasteiger partial charge < -0.3 is 10.1 Å². The largest absolute Gasteiger partial charge is 0.381 e. The normalized spacial score (nSPS) is 13.0. The number of rotatable bonds is 4. The van der Waals surface area contributed by atoms with E-state index in [0.29, 0.717) is 11.5 Å². The topological polar surface area (TPSA) is 56.2 Å². The second-order valence-corrected chi connectivity index (χ2v) is 5.41. The van der Waals surface area contributed by atoms with E-state index >= 15 is 0 Å². The number of anilines is 1. The van der Waals surface area contributed by atoms with Gasteiger partial charge in [-0.05, 0) is 17.5 Å². The van der Waals surface area contributed by atoms with E-state index in [2.05, 4.69) is 60.2 Å². The number of allylic oxidation sites excluding steroid dienone is 1. The van der Waals surface area contributed by atoms with Crippen molar-refractivity contribution >= 4 is 17.5 Å². The van der Waals surface area contributed by atoms with Gasteiger partial charge in [0.25, 0.3) is 0 Å². The third kappa shape index (κ3) is 2.72. The highest BCUT2D eigenvalue weighted by Crippen LogP contribution is 2.20. The lowest BCUT2D eigenvalue weighted by Crippen LogP contribution is -1.94. The van der Waals surface area contributed by atoms with E-state index in [-0.39, 0.29) is 5.92 Å². The number of hydrogen-bond acceptors (Lipinski definition) is 3. The summed E-state index contributed by atoms with van der Waals surface area (Å²) in [5, 5.41) is 0. The van der Waals surface area contributed by atoms with E-state index < -0.39 is 0 Å². The van der Waals surface area contributed by atoms with E-state index in [9.17, 15) is 0 Å². The van der Waals surface area contributed by atoms with E-state index in [0.717, 1.165) is 12.1 Å². The molecule has 0 fully saturated rings. The van der Waals surface area contributed by atoms with Crippen molar-refractivity contribution in [2.45, 2.75) is 26.2 Å². The molecular weight excluding hydrogens is 272 g/mol. The van der Waals surface area contributed by atoms with Crippen molar-refractivity contribution in [1.82, 2.24) is 14.4 Å². The van der Waals surface area contributed by atoms with Crippen LogP contribution >= 0.6 is 0 Å². The molecule has 0 aliphatic heterocycles. The summed E-state index contributed by atoms with van der Waals surface area (Å²) in [5.41, 5.74) is 10.2. The molecule has 0 amide bonds. The molecular formula is C18H20N4. The molecule has 0 radical (unpaired) electrons. The Morgan fingerprint density at radius 1 is 1.32 bits per heavy atom. The number of hydrogen-bond donors (Lipinski definition) is 1. The molecule has 4 nitrogen and oxygen atoms in total. The monoisotopic (exact) mass is 292 g/mol. The van der Waals surface area contributed by atoms with Crippen LogP contribution in [0.2, 0.25) is 0 Å². The third-order valence-corrected chi connectivity index (χ3v) is 3.89. The molecule has 0 saturated carbocycles. The summed E-state index contributed by atoms with van der Waals surface area (Å²) in [6, 6.07) is 8.47. The molecule has 0 aliphatic carbocycles. The first-order valence-corrected chi connectivity index (χ1v) is 7.54. The number of benzene rings is 1. The van der Waals surface area contributed by atoms with Crippen LogP contribution in [0.4, 0.5) is 5.82 Å². The van der Waals surface area contributed by atoms with Crippen LogP contribution in [-0.2, 0) is 6.42 Å². The Morgan fingerprint density at radius 2 is 2.14 bits per heavy atom. The van der Waals surface area contributed by atoms with Gasteiger partial charge in [0.2, 0.25) is 0 Å². The third-order valence-electron chi connectivity index (χ3n) is 3.89. The molecule has 0 saturated heterocycles. The van der Waals surface area contributed by atoms with Crippen LogP contribution in [0.3, 0.4) is 0 Å². The molecule has 0 aliphatic rings. The van der Waals surface area contributed by atoms with E-state index in [1.807, 2.05) is 16.8 Å². The van der Waals surface area contributed by atoms with Crippen LogP contribution in [0.15, 0.2) is 48.9 Å². The Hall–Kier alpha value is -2.62. The van der Waals surface area contributed by atoms with Crippen molar-refractivity contribution < 1.29 is 0 Å². The Balaban J connectivity index is 1.88. The van der Waals surface area contributed by atoms with Gasteiger partial charge in [-0.2, -0.15) is 0 Å². The van der Waals surface area contributed by atoms with E-state index in [1.165, 1.54) is 11.1 Å². The molecule has 4 heteroatoms. The van der Waals surface area contributed by atoms with Crippen LogP contribution in [0.5, 0.6) is 0 Å². The summed E-state index contributed by atoms with van der Waals surface area (Å²) >= 11 is 0. The summed E-state index contributed by atoms with van der Waals surface area (Å²) in [4.78, 5) is 8.66. The molecule has 1 aromatic carbocycles. The zero-order valence-corrected chi connectivity index (χ0v) is 12.9. The molecule has 22 heavy (non-hydrogen) atoms. The Bertz CT molecular complexity index is 817. The van der Waals surface area contributed by atoms with Crippen molar-refractivity contribution in [2.24, 2.45) is 0 Å². The molecule has 2 aromatic heterocycles. The van der Waals surface area contributed by atoms with E-state index in [1.54, 1.807) is 6.20 Å². The minimum absolute atomic E-state index is 0.212. The molecule has 3 rings (SSSR count). The average Bonchev–Trinajstić information content (AvgIpc) is 2.98. The minimum atomic E-state index is 0.212. The number of fused-ring (bicyclic) bond motifs is 1. The van der Waals surface area contributed by atoms with Crippen LogP contribution in [0.1, 0.15) is 36.6 Å². The minimum Gasteiger partial charge on any atom is -0.381 e. The van der Waals surface area contributed by atoms with Gasteiger partial charge >= 0.3 is 0 Å². The lowest BCUT2D eigenvalue weighted by Gasteiger charge is -2.04. The SMILES string of the molecule is CCc1ccccc1/C=C\C(C)c1cn2ccnc(N)c2n1. The van der Waals surface area contributed by atoms with Gasteiger partial charge in [0.05, 0.1) is 5.69 Å². The zero-order chi connectivity index (χ0) is 15.5. The van der Waals surface area contributed by atoms with Gasteiger partial charge in [-0.3, -0.25) is 0 Å². The summed E-state index contributed by atoms with van der Waals surface area (Å²) in [6.07, 6.45) is 10.9. The van der Waals surface area contributed by atoms with Gasteiger partial charge in [0.15, 0.2) is 11.5 Å². The number of nitrogens with two attached hydrogens (primary N) is 1. The summed E-state index contributed by atoms with van der Waals surface area (Å²) < 4.78 is 1.92. The van der Waals surface area contributed by atoms with Gasteiger partial charge in [-0.15, -0.1) is 0 Å². The number of nitrogen functional groups attached to an aromatic ring is 1. The summed E-state index contributed by atoms with van der Waals surface area (Å²) in [5.74, 6) is 0.672. The molecule has 3 aromatic rings. The second-order valence-electron chi connectivity index (χ2n) is 5.41. The number of aromatic nitrogens is 3. The average molecular weight is 292 g/mol. The molecule has 112 valence electrons. The molecule has 0 bridgehead atoms. The molecule has 0 spiro atoms. The van der Waals surface area contributed by atoms with Gasteiger partial charge in [-0.1, -0.05) is 50.3 Å². The highest BCUT2D eigenvalue weighted by molar-refractivity contribution is 5.60. The first-order chi connectivity index (χ1) is 10.7. The summed E-state index contributed by atoms with van der Waals surface area (Å²) in [7, 11) is 0. The quantitative estimate of drug-likeness (QED) is 0.798. The first kappa shape index (κ1) is 14.3. The first-order valence-electron chi connectivity index (χ1n) is 7.54. The van der Waals surface area contributed by atoms with Crippen LogP contribution in [0.25, 0.3) is 11.7 Å². The second kappa shape index (κ2) is 6.02. The maximum atomic E-state index is 5.86. The van der Waals surface area contributed by atoms with Crippen LogP contribution in [0, 0.1) is 0 Å². The number of aryl methyl sites for hydroxylation is 1. The lowest BCUT2D eigenvalue weighted by molar-refractivity contribution is 0.928. The molecule has 1 atom stereocenters. The van der Waals surface area contributed by atoms with Crippen LogP contribution < -0.4 is 5.73 Å². The summed E-state index contributed by atoms with van der Waals surface area (Å²) in [6.45, 7) is 4.31. The number of nitrogens with zero attached hydrogens (tertiary/aromatic N) is 3. The van der Waals surface area contributed by atoms with E-state index in [4.69, 9.17) is 5.73 Å². The molecule has 2 N–H and O–H groups in total. The Morgan fingerprint density at radius 3 is 2.91 bits per heavy atom. The fourth-order valence-electron chi connectivity index (χ4n) is 2.54. The predicted octanol–water partition coefficient (Wildman–Crippen LogP) is 3.69. The maximum absolute atomic E-state index is 5.86. The zero-order valence-electron chi connectivity index (χ0n) is 12.9. The van der Waals surface area contributed by atoms with Crippen molar-refractivity contribution in [3.8, 4) is 0 Å².